The summed E-state index contributed by atoms with van der Waals surface area (Å²) in [6, 6.07) is 13.7. The third-order valence-electron chi connectivity index (χ3n) is 11.4. The van der Waals surface area contributed by atoms with E-state index in [1.165, 1.54) is 0 Å². The Morgan fingerprint density at radius 3 is 2.17 bits per heavy atom. The fraction of sp³-hybridized carbons (Fsp3) is 0.553. The van der Waals surface area contributed by atoms with E-state index in [4.69, 9.17) is 4.74 Å². The van der Waals surface area contributed by atoms with Gasteiger partial charge in [0.15, 0.2) is 0 Å². The number of piperazine rings is 1. The van der Waals surface area contributed by atoms with Crippen LogP contribution in [0.15, 0.2) is 48.5 Å². The molecular formula is C38H46F2N6O6. The molecule has 2 aromatic carbocycles. The quantitative estimate of drug-likeness (QED) is 0.388. The number of alkyl halides is 2. The Bertz CT molecular complexity index is 1670. The Kier molecular flexibility index (Phi) is 10.6. The molecule has 2 aromatic rings. The molecule has 12 nitrogen and oxygen atoms in total. The third-order valence-corrected chi connectivity index (χ3v) is 11.4. The van der Waals surface area contributed by atoms with E-state index in [0.29, 0.717) is 58.0 Å². The van der Waals surface area contributed by atoms with Crippen molar-refractivity contribution in [3.05, 3.63) is 65.2 Å². The highest BCUT2D eigenvalue weighted by Gasteiger charge is 2.45. The van der Waals surface area contributed by atoms with Crippen molar-refractivity contribution < 1.29 is 37.5 Å². The maximum absolute atomic E-state index is 15.5. The second-order valence-electron chi connectivity index (χ2n) is 14.7. The molecular weight excluding hydrogens is 674 g/mol. The minimum atomic E-state index is -2.80. The number of hydrogen-bond donors (Lipinski definition) is 1. The summed E-state index contributed by atoms with van der Waals surface area (Å²) in [6.07, 6.45) is 2.54. The number of anilines is 1. The number of imide groups is 2. The van der Waals surface area contributed by atoms with Gasteiger partial charge in [-0.3, -0.25) is 34.3 Å². The smallest absolute Gasteiger partial charge is 0.410 e. The minimum Gasteiger partial charge on any atom is -0.445 e. The summed E-state index contributed by atoms with van der Waals surface area (Å²) in [4.78, 5) is 71.6. The number of nitrogens with one attached hydrogen (secondary N) is 1. The lowest BCUT2D eigenvalue weighted by atomic mass is 9.88. The number of carbonyl (C=O) groups excluding carboxylic acids is 5. The molecule has 5 aliphatic rings. The molecule has 52 heavy (non-hydrogen) atoms. The van der Waals surface area contributed by atoms with Crippen LogP contribution in [0.3, 0.4) is 0 Å². The number of carbonyl (C=O) groups is 5. The van der Waals surface area contributed by atoms with Gasteiger partial charge >= 0.3 is 6.09 Å². The van der Waals surface area contributed by atoms with E-state index < -0.39 is 47.6 Å². The first kappa shape index (κ1) is 36.0. The average molecular weight is 721 g/mol. The van der Waals surface area contributed by atoms with Crippen molar-refractivity contribution in [2.24, 2.45) is 11.8 Å². The maximum Gasteiger partial charge on any atom is 0.410 e. The first-order valence-corrected chi connectivity index (χ1v) is 18.4. The van der Waals surface area contributed by atoms with Gasteiger partial charge in [-0.05, 0) is 74.9 Å². The van der Waals surface area contributed by atoms with E-state index in [2.05, 4.69) is 15.1 Å². The number of amides is 5. The van der Waals surface area contributed by atoms with Crippen molar-refractivity contribution in [3.63, 3.8) is 0 Å². The molecule has 14 heteroatoms. The maximum atomic E-state index is 15.5. The van der Waals surface area contributed by atoms with Crippen molar-refractivity contribution in [2.75, 3.05) is 70.3 Å². The standard InChI is InChI=1S/C38H46F2N6O6/c39-38(40,25-43-18-20-45(21-19-43)37(51)52-24-27-4-2-1-3-5-27)28-12-14-42(15-13-28)23-26-10-16-44(17-11-26)29-6-7-30-31(22-29)36(50)46(35(30)49)32-8-9-33(47)41-34(32)48/h1-7,22,26,28,32H,8-21,23-25H2,(H,41,47,48). The Labute approximate surface area is 302 Å². The first-order valence-electron chi connectivity index (χ1n) is 18.4. The summed E-state index contributed by atoms with van der Waals surface area (Å²) in [7, 11) is 0. The lowest BCUT2D eigenvalue weighted by Gasteiger charge is -2.41. The summed E-state index contributed by atoms with van der Waals surface area (Å²) in [5.74, 6) is -5.10. The molecule has 5 aliphatic heterocycles. The van der Waals surface area contributed by atoms with Crippen LogP contribution < -0.4 is 10.2 Å². The molecule has 0 aromatic heterocycles. The number of halogens is 2. The molecule has 5 heterocycles. The molecule has 278 valence electrons. The predicted octanol–water partition coefficient (Wildman–Crippen LogP) is 3.61. The SMILES string of the molecule is O=C1CCC(N2C(=O)c3ccc(N4CCC(CN5CCC(C(F)(F)CN6CCN(C(=O)OCc7ccccc7)CC6)CC5)CC4)cc3C2=O)C(=O)N1. The van der Waals surface area contributed by atoms with E-state index in [1.54, 1.807) is 21.9 Å². The second-order valence-corrected chi connectivity index (χ2v) is 14.7. The molecule has 0 bridgehead atoms. The normalized spacial score (nSPS) is 22.9. The Morgan fingerprint density at radius 1 is 0.788 bits per heavy atom. The van der Waals surface area contributed by atoms with Crippen LogP contribution in [0.1, 0.15) is 64.8 Å². The largest absolute Gasteiger partial charge is 0.445 e. The number of rotatable bonds is 9. The van der Waals surface area contributed by atoms with Crippen LogP contribution in [0.4, 0.5) is 19.3 Å². The summed E-state index contributed by atoms with van der Waals surface area (Å²) >= 11 is 0. The predicted molar refractivity (Wildman–Crippen MR) is 187 cm³/mol. The fourth-order valence-electron chi connectivity index (χ4n) is 8.26. The van der Waals surface area contributed by atoms with Crippen LogP contribution in [0, 0.1) is 11.8 Å². The topological polar surface area (TPSA) is 123 Å². The lowest BCUT2D eigenvalue weighted by molar-refractivity contribution is -0.136. The zero-order chi connectivity index (χ0) is 36.4. The van der Waals surface area contributed by atoms with Crippen LogP contribution in [0.5, 0.6) is 0 Å². The van der Waals surface area contributed by atoms with Crippen molar-refractivity contribution in [2.45, 2.75) is 57.1 Å². The molecule has 1 unspecified atom stereocenters. The molecule has 7 rings (SSSR count). The molecule has 4 fully saturated rings. The number of likely N-dealkylation sites (tertiary alicyclic amines) is 1. The van der Waals surface area contributed by atoms with Gasteiger partial charge in [0.05, 0.1) is 17.7 Å². The molecule has 1 atom stereocenters. The van der Waals surface area contributed by atoms with Gasteiger partial charge in [-0.25, -0.2) is 13.6 Å². The summed E-state index contributed by atoms with van der Waals surface area (Å²) in [6.45, 7) is 5.13. The summed E-state index contributed by atoms with van der Waals surface area (Å²) < 4.78 is 36.4. The Hall–Kier alpha value is -4.43. The molecule has 0 saturated carbocycles. The van der Waals surface area contributed by atoms with Crippen LogP contribution in [-0.2, 0) is 20.9 Å². The van der Waals surface area contributed by atoms with Crippen molar-refractivity contribution in [1.29, 1.82) is 0 Å². The minimum absolute atomic E-state index is 0.0740. The third kappa shape index (κ3) is 7.82. The van der Waals surface area contributed by atoms with Gasteiger partial charge in [-0.1, -0.05) is 30.3 Å². The van der Waals surface area contributed by atoms with Crippen LogP contribution in [-0.4, -0.2) is 127 Å². The van der Waals surface area contributed by atoms with Gasteiger partial charge < -0.3 is 19.4 Å². The van der Waals surface area contributed by atoms with E-state index in [-0.39, 0.29) is 37.1 Å². The molecule has 0 aliphatic carbocycles. The highest BCUT2D eigenvalue weighted by Crippen LogP contribution is 2.36. The van der Waals surface area contributed by atoms with E-state index >= 15 is 8.78 Å². The van der Waals surface area contributed by atoms with E-state index in [9.17, 15) is 24.0 Å². The highest BCUT2D eigenvalue weighted by molar-refractivity contribution is 6.23. The molecule has 5 amide bonds. The average Bonchev–Trinajstić information content (AvgIpc) is 3.39. The number of piperidine rings is 3. The van der Waals surface area contributed by atoms with Gasteiger partial charge in [0, 0.05) is 63.8 Å². The van der Waals surface area contributed by atoms with Gasteiger partial charge in [0.2, 0.25) is 11.8 Å². The number of ether oxygens (including phenoxy) is 1. The number of fused-ring (bicyclic) bond motifs is 1. The van der Waals surface area contributed by atoms with Crippen LogP contribution >= 0.6 is 0 Å². The zero-order valence-corrected chi connectivity index (χ0v) is 29.3. The Balaban J connectivity index is 0.825. The second kappa shape index (κ2) is 15.3. The molecule has 0 spiro atoms. The number of hydrogen-bond acceptors (Lipinski definition) is 9. The lowest BCUT2D eigenvalue weighted by Crippen LogP contribution is -2.54. The van der Waals surface area contributed by atoms with E-state index in [0.717, 1.165) is 48.6 Å². The molecule has 1 N–H and O–H groups in total. The summed E-state index contributed by atoms with van der Waals surface area (Å²) in [5.41, 5.74) is 2.29. The molecule has 0 radical (unpaired) electrons. The summed E-state index contributed by atoms with van der Waals surface area (Å²) in [5, 5.41) is 2.22. The highest BCUT2D eigenvalue weighted by atomic mass is 19.3. The van der Waals surface area contributed by atoms with Gasteiger partial charge in [0.1, 0.15) is 12.6 Å². The first-order chi connectivity index (χ1) is 25.1. The monoisotopic (exact) mass is 720 g/mol. The fourth-order valence-corrected chi connectivity index (χ4v) is 8.26. The zero-order valence-electron chi connectivity index (χ0n) is 29.3. The Morgan fingerprint density at radius 2 is 1.48 bits per heavy atom. The van der Waals surface area contributed by atoms with E-state index in [1.807, 2.05) is 36.4 Å². The van der Waals surface area contributed by atoms with Crippen LogP contribution in [0.2, 0.25) is 0 Å². The van der Waals surface area contributed by atoms with Crippen molar-refractivity contribution >= 4 is 35.4 Å². The number of benzene rings is 2. The van der Waals surface area contributed by atoms with Crippen LogP contribution in [0.25, 0.3) is 0 Å². The van der Waals surface area contributed by atoms with Gasteiger partial charge in [0.25, 0.3) is 17.7 Å². The van der Waals surface area contributed by atoms with Gasteiger partial charge in [-0.15, -0.1) is 0 Å². The van der Waals surface area contributed by atoms with Crippen molar-refractivity contribution in [1.82, 2.24) is 24.9 Å². The van der Waals surface area contributed by atoms with Gasteiger partial charge in [-0.2, -0.15) is 0 Å². The number of nitrogens with zero attached hydrogens (tertiary/aromatic N) is 5. The molecule has 4 saturated heterocycles. The van der Waals surface area contributed by atoms with Crippen molar-refractivity contribution in [3.8, 4) is 0 Å².